The molecule has 0 radical (unpaired) electrons. The Morgan fingerprint density at radius 1 is 1.03 bits per heavy atom. The number of aromatic nitrogens is 1. The first-order valence-corrected chi connectivity index (χ1v) is 11.1. The van der Waals surface area contributed by atoms with E-state index >= 15 is 0 Å². The lowest BCUT2D eigenvalue weighted by Crippen LogP contribution is -2.17. The van der Waals surface area contributed by atoms with Crippen LogP contribution >= 0.6 is 11.3 Å². The van der Waals surface area contributed by atoms with Crippen LogP contribution in [0, 0.1) is 0 Å². The normalized spacial score (nSPS) is 11.2. The molecule has 0 saturated heterocycles. The van der Waals surface area contributed by atoms with E-state index in [4.69, 9.17) is 9.47 Å². The summed E-state index contributed by atoms with van der Waals surface area (Å²) in [6.45, 7) is 0.391. The molecule has 4 aromatic rings. The van der Waals surface area contributed by atoms with Crippen molar-refractivity contribution in [3.8, 4) is 17.2 Å². The molecule has 182 valence electrons. The molecule has 2 aromatic carbocycles. The van der Waals surface area contributed by atoms with Crippen molar-refractivity contribution in [1.29, 1.82) is 0 Å². The van der Waals surface area contributed by atoms with E-state index in [1.54, 1.807) is 37.9 Å². The molecule has 2 heterocycles. The number of anilines is 2. The van der Waals surface area contributed by atoms with Crippen LogP contribution in [0.15, 0.2) is 60.1 Å². The third-order valence-corrected chi connectivity index (χ3v) is 5.92. The van der Waals surface area contributed by atoms with Crippen molar-refractivity contribution >= 4 is 39.5 Å². The number of nitrogens with zero attached hydrogens (tertiary/aromatic N) is 1. The summed E-state index contributed by atoms with van der Waals surface area (Å²) in [5, 5.41) is 8.55. The molecule has 35 heavy (non-hydrogen) atoms. The minimum Gasteiger partial charge on any atom is -0.497 e. The Balaban J connectivity index is 1.49. The number of ether oxygens (including phenoxy) is 3. The van der Waals surface area contributed by atoms with E-state index in [1.807, 2.05) is 12.1 Å². The van der Waals surface area contributed by atoms with Gasteiger partial charge in [-0.3, -0.25) is 9.78 Å². The number of carbonyl (C=O) groups is 1. The van der Waals surface area contributed by atoms with Gasteiger partial charge in [-0.05, 0) is 47.3 Å². The van der Waals surface area contributed by atoms with Gasteiger partial charge in [0.25, 0.3) is 5.91 Å². The molecule has 7 nitrogen and oxygen atoms in total. The van der Waals surface area contributed by atoms with Crippen LogP contribution in [0.25, 0.3) is 10.9 Å². The number of amides is 1. The third-order valence-electron chi connectivity index (χ3n) is 5.01. The minimum absolute atomic E-state index is 0.336. The summed E-state index contributed by atoms with van der Waals surface area (Å²) in [6.07, 6.45) is -3.09. The van der Waals surface area contributed by atoms with Gasteiger partial charge in [0.15, 0.2) is 0 Å². The highest BCUT2D eigenvalue weighted by Gasteiger charge is 2.31. The van der Waals surface area contributed by atoms with E-state index in [2.05, 4.69) is 20.4 Å². The van der Waals surface area contributed by atoms with Crippen LogP contribution in [0.1, 0.15) is 15.2 Å². The van der Waals surface area contributed by atoms with E-state index in [-0.39, 0.29) is 5.75 Å². The molecule has 1 amide bonds. The SMILES string of the molecule is COc1cc(OC)c2c(CNc3ccsc3C(=O)Nc3ccc(OC(F)(F)F)cc3)ccnc2c1. The van der Waals surface area contributed by atoms with Gasteiger partial charge < -0.3 is 24.8 Å². The second-order valence-corrected chi connectivity index (χ2v) is 8.15. The van der Waals surface area contributed by atoms with Gasteiger partial charge in [0.05, 0.1) is 25.4 Å². The zero-order chi connectivity index (χ0) is 25.0. The van der Waals surface area contributed by atoms with Crippen LogP contribution in [0.2, 0.25) is 0 Å². The molecular weight excluding hydrogens is 483 g/mol. The third kappa shape index (κ3) is 5.75. The lowest BCUT2D eigenvalue weighted by atomic mass is 10.1. The number of hydrogen-bond acceptors (Lipinski definition) is 7. The molecule has 0 aliphatic heterocycles. The number of methoxy groups -OCH3 is 2. The summed E-state index contributed by atoms with van der Waals surface area (Å²) in [7, 11) is 3.14. The predicted molar refractivity (Wildman–Crippen MR) is 128 cm³/mol. The van der Waals surface area contributed by atoms with E-state index in [9.17, 15) is 18.0 Å². The molecule has 0 atom stereocenters. The first-order chi connectivity index (χ1) is 16.8. The number of halogens is 3. The number of rotatable bonds is 8. The molecule has 0 saturated carbocycles. The van der Waals surface area contributed by atoms with Gasteiger partial charge in [0, 0.05) is 35.9 Å². The smallest absolute Gasteiger partial charge is 0.497 e. The van der Waals surface area contributed by atoms with Gasteiger partial charge in [0.1, 0.15) is 22.1 Å². The Bertz CT molecular complexity index is 1340. The highest BCUT2D eigenvalue weighted by Crippen LogP contribution is 2.33. The Labute approximate surface area is 202 Å². The number of pyridine rings is 1. The van der Waals surface area contributed by atoms with Crippen LogP contribution in [0.3, 0.4) is 0 Å². The summed E-state index contributed by atoms with van der Waals surface area (Å²) in [6, 6.07) is 12.2. The van der Waals surface area contributed by atoms with Crippen LogP contribution < -0.4 is 24.8 Å². The largest absolute Gasteiger partial charge is 0.573 e. The number of hydrogen-bond donors (Lipinski definition) is 2. The average Bonchev–Trinajstić information content (AvgIpc) is 3.31. The fourth-order valence-corrected chi connectivity index (χ4v) is 4.23. The molecular formula is C24H20F3N3O4S. The second-order valence-electron chi connectivity index (χ2n) is 7.24. The molecule has 0 unspecified atom stereocenters. The van der Waals surface area contributed by atoms with Crippen LogP contribution in [-0.4, -0.2) is 31.5 Å². The van der Waals surface area contributed by atoms with Crippen LogP contribution in [0.4, 0.5) is 24.5 Å². The maximum absolute atomic E-state index is 12.8. The number of benzene rings is 2. The molecule has 0 aliphatic carbocycles. The van der Waals surface area contributed by atoms with Crippen molar-refractivity contribution in [2.45, 2.75) is 12.9 Å². The molecule has 4 rings (SSSR count). The fraction of sp³-hybridized carbons (Fsp3) is 0.167. The second kappa shape index (κ2) is 10.1. The van der Waals surface area contributed by atoms with Gasteiger partial charge >= 0.3 is 6.36 Å². The Morgan fingerprint density at radius 3 is 2.49 bits per heavy atom. The maximum Gasteiger partial charge on any atom is 0.573 e. The van der Waals surface area contributed by atoms with E-state index < -0.39 is 12.3 Å². The number of carbonyl (C=O) groups excluding carboxylic acids is 1. The van der Waals surface area contributed by atoms with E-state index in [0.29, 0.717) is 39.8 Å². The van der Waals surface area contributed by atoms with E-state index in [1.165, 1.54) is 23.5 Å². The molecule has 0 bridgehead atoms. The number of thiophene rings is 1. The molecule has 0 aliphatic rings. The van der Waals surface area contributed by atoms with Gasteiger partial charge in [-0.15, -0.1) is 24.5 Å². The Hall–Kier alpha value is -3.99. The van der Waals surface area contributed by atoms with Crippen molar-refractivity contribution in [3.05, 3.63) is 70.5 Å². The molecule has 0 fully saturated rings. The summed E-state index contributed by atoms with van der Waals surface area (Å²) in [5.74, 6) is 0.479. The van der Waals surface area contributed by atoms with Crippen molar-refractivity contribution in [3.63, 3.8) is 0 Å². The minimum atomic E-state index is -4.78. The summed E-state index contributed by atoms with van der Waals surface area (Å²) >= 11 is 1.24. The molecule has 2 aromatic heterocycles. The van der Waals surface area contributed by atoms with Crippen LogP contribution in [0.5, 0.6) is 17.2 Å². The number of alkyl halides is 3. The standard InChI is InChI=1S/C24H20F3N3O4S/c1-32-17-11-19-21(20(12-17)33-2)14(7-9-28-19)13-29-18-8-10-35-22(18)23(31)30-15-3-5-16(6-4-15)34-24(25,26)27/h3-12,29H,13H2,1-2H3,(H,30,31). The molecule has 0 spiro atoms. The van der Waals surface area contributed by atoms with Crippen molar-refractivity contribution in [2.75, 3.05) is 24.9 Å². The lowest BCUT2D eigenvalue weighted by molar-refractivity contribution is -0.274. The highest BCUT2D eigenvalue weighted by atomic mass is 32.1. The van der Waals surface area contributed by atoms with Crippen molar-refractivity contribution < 1.29 is 32.2 Å². The summed E-state index contributed by atoms with van der Waals surface area (Å²) < 4.78 is 51.7. The topological polar surface area (TPSA) is 81.7 Å². The zero-order valence-corrected chi connectivity index (χ0v) is 19.4. The molecule has 2 N–H and O–H groups in total. The number of fused-ring (bicyclic) bond motifs is 1. The predicted octanol–water partition coefficient (Wildman–Crippen LogP) is 6.08. The van der Waals surface area contributed by atoms with Gasteiger partial charge in [0.2, 0.25) is 0 Å². The maximum atomic E-state index is 12.8. The van der Waals surface area contributed by atoms with Crippen LogP contribution in [-0.2, 0) is 6.54 Å². The zero-order valence-electron chi connectivity index (χ0n) is 18.6. The quantitative estimate of drug-likeness (QED) is 0.304. The van der Waals surface area contributed by atoms with Crippen molar-refractivity contribution in [1.82, 2.24) is 4.98 Å². The summed E-state index contributed by atoms with van der Waals surface area (Å²) in [5.41, 5.74) is 2.57. The van der Waals surface area contributed by atoms with Gasteiger partial charge in [-0.2, -0.15) is 0 Å². The first kappa shape index (κ1) is 24.1. The Kier molecular flexibility index (Phi) is 6.97. The number of nitrogens with one attached hydrogen (secondary N) is 2. The van der Waals surface area contributed by atoms with Crippen molar-refractivity contribution in [2.24, 2.45) is 0 Å². The van der Waals surface area contributed by atoms with Gasteiger partial charge in [-0.25, -0.2) is 0 Å². The highest BCUT2D eigenvalue weighted by molar-refractivity contribution is 7.12. The molecule has 11 heteroatoms. The summed E-state index contributed by atoms with van der Waals surface area (Å²) in [4.78, 5) is 17.6. The lowest BCUT2D eigenvalue weighted by Gasteiger charge is -2.14. The van der Waals surface area contributed by atoms with Gasteiger partial charge in [-0.1, -0.05) is 0 Å². The van der Waals surface area contributed by atoms with E-state index in [0.717, 1.165) is 23.1 Å². The monoisotopic (exact) mass is 503 g/mol. The fourth-order valence-electron chi connectivity index (χ4n) is 3.46. The average molecular weight is 504 g/mol. The Morgan fingerprint density at radius 2 is 1.80 bits per heavy atom. The first-order valence-electron chi connectivity index (χ1n) is 10.3.